The van der Waals surface area contributed by atoms with Crippen LogP contribution in [0.3, 0.4) is 0 Å². The lowest BCUT2D eigenvalue weighted by Gasteiger charge is -2.42. The Labute approximate surface area is 92.0 Å². The van der Waals surface area contributed by atoms with Gasteiger partial charge in [-0.2, -0.15) is 0 Å². The highest BCUT2D eigenvalue weighted by atomic mass is 79.9. The van der Waals surface area contributed by atoms with Crippen LogP contribution in [0, 0.1) is 6.92 Å². The molecule has 1 aliphatic rings. The van der Waals surface area contributed by atoms with Crippen LogP contribution in [0.25, 0.3) is 0 Å². The molecule has 3 heteroatoms. The zero-order valence-corrected chi connectivity index (χ0v) is 9.84. The van der Waals surface area contributed by atoms with Gasteiger partial charge in [0.05, 0.1) is 0 Å². The normalized spacial score (nSPS) is 26.2. The molecule has 1 saturated heterocycles. The summed E-state index contributed by atoms with van der Waals surface area (Å²) in [4.78, 5) is 13.4. The number of amides is 1. The van der Waals surface area contributed by atoms with Gasteiger partial charge in [-0.25, -0.2) is 0 Å². The lowest BCUT2D eigenvalue weighted by molar-refractivity contribution is -0.124. The Balaban J connectivity index is 2.20. The molecular weight excluding hydrogens is 242 g/mol. The highest BCUT2D eigenvalue weighted by Gasteiger charge is 2.46. The molecule has 0 aromatic heterocycles. The Morgan fingerprint density at radius 2 is 1.93 bits per heavy atom. The Hall–Kier alpha value is -0.830. The Morgan fingerprint density at radius 1 is 1.36 bits per heavy atom. The molecule has 1 aliphatic heterocycles. The van der Waals surface area contributed by atoms with Crippen molar-refractivity contribution < 1.29 is 4.79 Å². The predicted octanol–water partition coefficient (Wildman–Crippen LogP) is 2.50. The molecule has 1 aromatic rings. The van der Waals surface area contributed by atoms with E-state index in [1.54, 1.807) is 4.90 Å². The number of hydrogen-bond donors (Lipinski definition) is 0. The first-order valence-electron chi connectivity index (χ1n) is 4.58. The van der Waals surface area contributed by atoms with Gasteiger partial charge in [-0.3, -0.25) is 4.79 Å². The molecule has 0 spiro atoms. The van der Waals surface area contributed by atoms with E-state index in [9.17, 15) is 4.79 Å². The van der Waals surface area contributed by atoms with Crippen LogP contribution in [0.15, 0.2) is 24.3 Å². The summed E-state index contributed by atoms with van der Waals surface area (Å²) in [5, 5.41) is 0. The number of hydrogen-bond acceptors (Lipinski definition) is 1. The van der Waals surface area contributed by atoms with Crippen molar-refractivity contribution in [2.45, 2.75) is 18.2 Å². The molecule has 1 atom stereocenters. The monoisotopic (exact) mass is 253 g/mol. The molecule has 1 unspecified atom stereocenters. The van der Waals surface area contributed by atoms with Gasteiger partial charge < -0.3 is 4.90 Å². The average molecular weight is 254 g/mol. The molecule has 1 heterocycles. The number of β-lactam (4-membered cyclic amide) rings is 1. The van der Waals surface area contributed by atoms with E-state index >= 15 is 0 Å². The van der Waals surface area contributed by atoms with Crippen LogP contribution < -0.4 is 4.90 Å². The fraction of sp³-hybridized carbons (Fsp3) is 0.364. The minimum atomic E-state index is -0.349. The summed E-state index contributed by atoms with van der Waals surface area (Å²) >= 11 is 3.39. The van der Waals surface area contributed by atoms with Crippen molar-refractivity contribution in [3.05, 3.63) is 29.8 Å². The van der Waals surface area contributed by atoms with Crippen molar-refractivity contribution >= 4 is 27.5 Å². The van der Waals surface area contributed by atoms with Gasteiger partial charge in [0.2, 0.25) is 5.91 Å². The largest absolute Gasteiger partial charge is 0.309 e. The third-order valence-electron chi connectivity index (χ3n) is 2.49. The second-order valence-electron chi connectivity index (χ2n) is 3.92. The fourth-order valence-electron chi connectivity index (χ4n) is 1.56. The molecule has 0 saturated carbocycles. The molecule has 74 valence electrons. The summed E-state index contributed by atoms with van der Waals surface area (Å²) in [6, 6.07) is 8.00. The van der Waals surface area contributed by atoms with Gasteiger partial charge in [-0.15, -0.1) is 0 Å². The summed E-state index contributed by atoms with van der Waals surface area (Å²) in [5.74, 6) is 0.140. The molecule has 0 N–H and O–H groups in total. The predicted molar refractivity (Wildman–Crippen MR) is 60.9 cm³/mol. The van der Waals surface area contributed by atoms with Crippen molar-refractivity contribution in [3.8, 4) is 0 Å². The van der Waals surface area contributed by atoms with E-state index in [0.717, 1.165) is 12.2 Å². The first-order chi connectivity index (χ1) is 6.50. The smallest absolute Gasteiger partial charge is 0.245 e. The van der Waals surface area contributed by atoms with E-state index in [0.29, 0.717) is 0 Å². The lowest BCUT2D eigenvalue weighted by atomic mass is 10.00. The molecule has 1 amide bonds. The number of carbonyl (C=O) groups excluding carboxylic acids is 1. The van der Waals surface area contributed by atoms with E-state index in [1.165, 1.54) is 5.56 Å². The highest BCUT2D eigenvalue weighted by Crippen LogP contribution is 2.35. The molecule has 0 radical (unpaired) electrons. The van der Waals surface area contributed by atoms with Gasteiger partial charge in [0.1, 0.15) is 4.32 Å². The maximum absolute atomic E-state index is 11.6. The number of anilines is 1. The first kappa shape index (κ1) is 9.71. The van der Waals surface area contributed by atoms with Gasteiger partial charge in [-0.05, 0) is 26.0 Å². The van der Waals surface area contributed by atoms with Crippen molar-refractivity contribution in [2.75, 3.05) is 11.4 Å². The zero-order valence-electron chi connectivity index (χ0n) is 8.25. The van der Waals surface area contributed by atoms with E-state index in [-0.39, 0.29) is 10.2 Å². The zero-order chi connectivity index (χ0) is 10.3. The van der Waals surface area contributed by atoms with Gasteiger partial charge >= 0.3 is 0 Å². The number of aryl methyl sites for hydroxylation is 1. The molecular formula is C11H12BrNO. The van der Waals surface area contributed by atoms with Crippen LogP contribution >= 0.6 is 15.9 Å². The molecule has 1 fully saturated rings. The molecule has 2 rings (SSSR count). The summed E-state index contributed by atoms with van der Waals surface area (Å²) in [6.45, 7) is 4.69. The van der Waals surface area contributed by atoms with Crippen molar-refractivity contribution in [1.29, 1.82) is 0 Å². The lowest BCUT2D eigenvalue weighted by Crippen LogP contribution is -2.61. The molecule has 0 bridgehead atoms. The maximum Gasteiger partial charge on any atom is 0.245 e. The van der Waals surface area contributed by atoms with Crippen molar-refractivity contribution in [1.82, 2.24) is 0 Å². The summed E-state index contributed by atoms with van der Waals surface area (Å²) < 4.78 is -0.349. The second-order valence-corrected chi connectivity index (χ2v) is 5.67. The number of halogens is 1. The molecule has 1 aromatic carbocycles. The minimum Gasteiger partial charge on any atom is -0.309 e. The van der Waals surface area contributed by atoms with Crippen LogP contribution in [0.5, 0.6) is 0 Å². The van der Waals surface area contributed by atoms with Gasteiger partial charge in [-0.1, -0.05) is 33.6 Å². The SMILES string of the molecule is Cc1ccc(N2CC(C)(Br)C2=O)cc1. The third kappa shape index (κ3) is 1.46. The van der Waals surface area contributed by atoms with Crippen LogP contribution in [0.4, 0.5) is 5.69 Å². The maximum atomic E-state index is 11.6. The van der Waals surface area contributed by atoms with Gasteiger partial charge in [0.15, 0.2) is 0 Å². The van der Waals surface area contributed by atoms with E-state index in [2.05, 4.69) is 15.9 Å². The first-order valence-corrected chi connectivity index (χ1v) is 5.37. The van der Waals surface area contributed by atoms with Crippen LogP contribution in [0.2, 0.25) is 0 Å². The Bertz CT molecular complexity index is 369. The second kappa shape index (κ2) is 3.09. The van der Waals surface area contributed by atoms with E-state index in [4.69, 9.17) is 0 Å². The van der Waals surface area contributed by atoms with Gasteiger partial charge in [0, 0.05) is 12.2 Å². The quantitative estimate of drug-likeness (QED) is 0.557. The van der Waals surface area contributed by atoms with E-state index in [1.807, 2.05) is 38.1 Å². The molecule has 0 aliphatic carbocycles. The Kier molecular flexibility index (Phi) is 2.14. The van der Waals surface area contributed by atoms with E-state index < -0.39 is 0 Å². The number of alkyl halides is 1. The fourth-order valence-corrected chi connectivity index (χ4v) is 2.02. The summed E-state index contributed by atoms with van der Waals surface area (Å²) in [6.07, 6.45) is 0. The minimum absolute atomic E-state index is 0.140. The number of benzene rings is 1. The van der Waals surface area contributed by atoms with Crippen molar-refractivity contribution in [2.24, 2.45) is 0 Å². The molecule has 2 nitrogen and oxygen atoms in total. The Morgan fingerprint density at radius 3 is 2.36 bits per heavy atom. The summed E-state index contributed by atoms with van der Waals surface area (Å²) in [7, 11) is 0. The standard InChI is InChI=1S/C11H12BrNO/c1-8-3-5-9(6-4-8)13-7-11(2,12)10(13)14/h3-6H,7H2,1-2H3. The van der Waals surface area contributed by atoms with Gasteiger partial charge in [0.25, 0.3) is 0 Å². The highest BCUT2D eigenvalue weighted by molar-refractivity contribution is 9.10. The topological polar surface area (TPSA) is 20.3 Å². The average Bonchev–Trinajstić information content (AvgIpc) is 2.16. The van der Waals surface area contributed by atoms with Crippen LogP contribution in [0.1, 0.15) is 12.5 Å². The summed E-state index contributed by atoms with van der Waals surface area (Å²) in [5.41, 5.74) is 2.20. The number of nitrogens with zero attached hydrogens (tertiary/aromatic N) is 1. The van der Waals surface area contributed by atoms with Crippen LogP contribution in [-0.4, -0.2) is 16.8 Å². The number of carbonyl (C=O) groups is 1. The molecule has 14 heavy (non-hydrogen) atoms. The van der Waals surface area contributed by atoms with Crippen molar-refractivity contribution in [3.63, 3.8) is 0 Å². The third-order valence-corrected chi connectivity index (χ3v) is 3.08. The number of rotatable bonds is 1. The van der Waals surface area contributed by atoms with Crippen LogP contribution in [-0.2, 0) is 4.79 Å².